The van der Waals surface area contributed by atoms with Gasteiger partial charge in [-0.25, -0.2) is 0 Å². The van der Waals surface area contributed by atoms with Crippen LogP contribution in [-0.2, 0) is 4.79 Å². The Morgan fingerprint density at radius 3 is 2.27 bits per heavy atom. The predicted octanol–water partition coefficient (Wildman–Crippen LogP) is 7.40. The summed E-state index contributed by atoms with van der Waals surface area (Å²) in [7, 11) is 0. The largest absolute Gasteiger partial charge is 0.481 e. The number of hydrogen-bond acceptors (Lipinski definition) is 2. The van der Waals surface area contributed by atoms with Crippen LogP contribution < -0.4 is 0 Å². The van der Waals surface area contributed by atoms with Gasteiger partial charge in [0.25, 0.3) is 0 Å². The van der Waals surface area contributed by atoms with Crippen LogP contribution in [0.25, 0.3) is 0 Å². The summed E-state index contributed by atoms with van der Waals surface area (Å²) in [4.78, 5) is 12.2. The van der Waals surface area contributed by atoms with E-state index in [1.54, 1.807) is 11.1 Å². The van der Waals surface area contributed by atoms with E-state index in [1.165, 1.54) is 19.3 Å². The van der Waals surface area contributed by atoms with E-state index in [1.807, 2.05) is 6.92 Å². The zero-order chi connectivity index (χ0) is 24.6. The van der Waals surface area contributed by atoms with Crippen LogP contribution in [0.15, 0.2) is 23.3 Å². The molecular weight excluding hydrogens is 408 g/mol. The fraction of sp³-hybridized carbons (Fsp3) is 0.833. The fourth-order valence-corrected chi connectivity index (χ4v) is 9.26. The van der Waals surface area contributed by atoms with E-state index >= 15 is 0 Å². The molecule has 0 aliphatic heterocycles. The topological polar surface area (TPSA) is 57.5 Å². The third-order valence-corrected chi connectivity index (χ3v) is 12.1. The van der Waals surface area contributed by atoms with Gasteiger partial charge in [-0.15, -0.1) is 0 Å². The van der Waals surface area contributed by atoms with Crippen molar-refractivity contribution in [2.45, 2.75) is 112 Å². The summed E-state index contributed by atoms with van der Waals surface area (Å²) in [6.07, 6.45) is 8.96. The van der Waals surface area contributed by atoms with Crippen LogP contribution in [0.5, 0.6) is 0 Å². The first-order chi connectivity index (χ1) is 15.2. The second kappa shape index (κ2) is 7.97. The lowest BCUT2D eigenvalue weighted by atomic mass is 9.47. The van der Waals surface area contributed by atoms with Gasteiger partial charge in [0, 0.05) is 0 Å². The summed E-state index contributed by atoms with van der Waals surface area (Å²) < 4.78 is 0. The molecule has 0 amide bonds. The molecule has 4 rings (SSSR count). The van der Waals surface area contributed by atoms with Gasteiger partial charge in [-0.2, -0.15) is 0 Å². The van der Waals surface area contributed by atoms with Gasteiger partial charge in [0.1, 0.15) is 0 Å². The Morgan fingerprint density at radius 2 is 1.67 bits per heavy atom. The first-order valence-corrected chi connectivity index (χ1v) is 13.5. The highest BCUT2D eigenvalue weighted by molar-refractivity contribution is 5.75. The first kappa shape index (κ1) is 25.0. The van der Waals surface area contributed by atoms with Crippen LogP contribution in [-0.4, -0.2) is 22.3 Å². The van der Waals surface area contributed by atoms with Crippen molar-refractivity contribution in [3.8, 4) is 0 Å². The molecule has 8 atom stereocenters. The van der Waals surface area contributed by atoms with Crippen molar-refractivity contribution in [2.24, 2.45) is 45.3 Å². The molecular formula is C30H48O3. The number of aliphatic hydroxyl groups is 1. The van der Waals surface area contributed by atoms with E-state index in [9.17, 15) is 15.0 Å². The maximum absolute atomic E-state index is 12.2. The molecule has 186 valence electrons. The number of rotatable bonds is 6. The molecule has 1 unspecified atom stereocenters. The number of aliphatic carboxylic acids is 1. The van der Waals surface area contributed by atoms with E-state index in [2.05, 4.69) is 48.1 Å². The fourth-order valence-electron chi connectivity index (χ4n) is 9.26. The molecule has 4 aliphatic carbocycles. The molecule has 0 aromatic rings. The molecule has 4 aliphatic rings. The Balaban J connectivity index is 1.64. The third-order valence-electron chi connectivity index (χ3n) is 12.1. The predicted molar refractivity (Wildman–Crippen MR) is 135 cm³/mol. The minimum Gasteiger partial charge on any atom is -0.481 e. The monoisotopic (exact) mass is 456 g/mol. The summed E-state index contributed by atoms with van der Waals surface area (Å²) in [5.41, 5.74) is 4.30. The van der Waals surface area contributed by atoms with E-state index in [0.29, 0.717) is 18.3 Å². The Hall–Kier alpha value is -1.09. The Kier molecular flexibility index (Phi) is 6.04. The molecule has 33 heavy (non-hydrogen) atoms. The number of aliphatic hydroxyl groups excluding tert-OH is 1. The maximum Gasteiger partial charge on any atom is 0.309 e. The number of carboxylic acid groups (broad SMARTS) is 1. The zero-order valence-corrected chi connectivity index (χ0v) is 22.3. The van der Waals surface area contributed by atoms with Gasteiger partial charge in [-0.3, -0.25) is 4.79 Å². The summed E-state index contributed by atoms with van der Waals surface area (Å²) in [5, 5.41) is 21.2. The summed E-state index contributed by atoms with van der Waals surface area (Å²) in [6, 6.07) is 0. The number of carbonyl (C=O) groups is 1. The third kappa shape index (κ3) is 3.34. The summed E-state index contributed by atoms with van der Waals surface area (Å²) in [6.45, 7) is 20.3. The lowest BCUT2D eigenvalue weighted by molar-refractivity contribution is -0.151. The van der Waals surface area contributed by atoms with Gasteiger partial charge in [-0.05, 0) is 105 Å². The van der Waals surface area contributed by atoms with Crippen molar-refractivity contribution in [2.75, 3.05) is 0 Å². The van der Waals surface area contributed by atoms with Gasteiger partial charge >= 0.3 is 5.97 Å². The van der Waals surface area contributed by atoms with Gasteiger partial charge in [0.05, 0.1) is 11.5 Å². The van der Waals surface area contributed by atoms with Gasteiger partial charge < -0.3 is 10.2 Å². The van der Waals surface area contributed by atoms with Crippen LogP contribution in [0.2, 0.25) is 0 Å². The summed E-state index contributed by atoms with van der Waals surface area (Å²) >= 11 is 0. The quantitative estimate of drug-likeness (QED) is 0.409. The van der Waals surface area contributed by atoms with Gasteiger partial charge in [-0.1, -0.05) is 64.8 Å². The molecule has 3 nitrogen and oxygen atoms in total. The molecule has 0 heterocycles. The lowest BCUT2D eigenvalue weighted by Gasteiger charge is -2.57. The number of fused-ring (bicyclic) bond motifs is 4. The Labute approximate surface area is 202 Å². The van der Waals surface area contributed by atoms with Crippen molar-refractivity contribution in [3.05, 3.63) is 23.3 Å². The number of hydrogen-bond donors (Lipinski definition) is 2. The van der Waals surface area contributed by atoms with E-state index in [-0.39, 0.29) is 34.2 Å². The van der Waals surface area contributed by atoms with Crippen molar-refractivity contribution in [1.29, 1.82) is 0 Å². The molecule has 0 spiro atoms. The maximum atomic E-state index is 12.2. The molecule has 2 saturated carbocycles. The standard InChI is InChI=1S/C30H48O3/c1-18(2)19(3)17-24(31)20(4)21-11-13-30(8)23-9-10-25-27(5,15-16-28(25,6)26(32)33)22(23)12-14-29(21,30)7/h18,20-21,24-25,31H,3,9-17H2,1-2,4-8H3,(H,32,33)/t20-,21+,24+,25?,27+,28+,29+,30-/m0/s1. The minimum absolute atomic E-state index is 0.0449. The first-order valence-electron chi connectivity index (χ1n) is 13.5. The second-order valence-electron chi connectivity index (χ2n) is 13.5. The van der Waals surface area contributed by atoms with Crippen molar-refractivity contribution >= 4 is 5.97 Å². The van der Waals surface area contributed by atoms with Crippen LogP contribution in [0.3, 0.4) is 0 Å². The molecule has 0 aromatic carbocycles. The Morgan fingerprint density at radius 1 is 1.00 bits per heavy atom. The molecule has 0 radical (unpaired) electrons. The molecule has 0 bridgehead atoms. The second-order valence-corrected chi connectivity index (χ2v) is 13.5. The summed E-state index contributed by atoms with van der Waals surface area (Å²) in [5.74, 6) is 0.860. The Bertz CT molecular complexity index is 870. The van der Waals surface area contributed by atoms with Crippen molar-refractivity contribution in [1.82, 2.24) is 0 Å². The van der Waals surface area contributed by atoms with E-state index in [0.717, 1.165) is 37.7 Å². The van der Waals surface area contributed by atoms with Gasteiger partial charge in [0.15, 0.2) is 0 Å². The number of carboxylic acids is 1. The minimum atomic E-state index is -0.598. The lowest BCUT2D eigenvalue weighted by Crippen LogP contribution is -2.49. The van der Waals surface area contributed by atoms with E-state index in [4.69, 9.17) is 0 Å². The van der Waals surface area contributed by atoms with Crippen molar-refractivity contribution in [3.63, 3.8) is 0 Å². The zero-order valence-electron chi connectivity index (χ0n) is 22.3. The SMILES string of the molecule is C=C(C[C@@H](O)[C@@H](C)[C@H]1CC[C@@]2(C)C3=C(CC[C@]12C)[C@@]1(C)CC[C@@](C)(C(=O)O)C1CC3)C(C)C. The van der Waals surface area contributed by atoms with Crippen LogP contribution in [0, 0.1) is 45.3 Å². The highest BCUT2D eigenvalue weighted by atomic mass is 16.4. The van der Waals surface area contributed by atoms with Gasteiger partial charge in [0.2, 0.25) is 0 Å². The highest BCUT2D eigenvalue weighted by Crippen LogP contribution is 2.73. The van der Waals surface area contributed by atoms with Crippen molar-refractivity contribution < 1.29 is 15.0 Å². The molecule has 0 aromatic heterocycles. The smallest absolute Gasteiger partial charge is 0.309 e. The molecule has 0 saturated heterocycles. The van der Waals surface area contributed by atoms with Crippen LogP contribution in [0.1, 0.15) is 106 Å². The van der Waals surface area contributed by atoms with Crippen LogP contribution >= 0.6 is 0 Å². The number of allylic oxidation sites excluding steroid dienone is 2. The average molecular weight is 457 g/mol. The average Bonchev–Trinajstić information content (AvgIpc) is 3.19. The normalized spacial score (nSPS) is 44.3. The molecule has 2 N–H and O–H groups in total. The molecule has 2 fully saturated rings. The van der Waals surface area contributed by atoms with E-state index < -0.39 is 11.4 Å². The van der Waals surface area contributed by atoms with Crippen LogP contribution in [0.4, 0.5) is 0 Å². The molecule has 3 heteroatoms. The highest BCUT2D eigenvalue weighted by Gasteiger charge is 2.65.